The summed E-state index contributed by atoms with van der Waals surface area (Å²) in [5, 5.41) is 0. The topological polar surface area (TPSA) is 0 Å². The molecule has 0 nitrogen and oxygen atoms in total. The standard InChI is InChI=1S/C14H22/c1-5-9-13(3)11-7-8-12-14(4)10-6-2/h5,7-9,11-12,14H,1,6,10H2,2-4H3. The molecule has 0 aliphatic heterocycles. The molecule has 0 aromatic rings. The van der Waals surface area contributed by atoms with Crippen LogP contribution in [0.2, 0.25) is 0 Å². The number of allylic oxidation sites excluding steroid dienone is 7. The highest BCUT2D eigenvalue weighted by atomic mass is 14.0. The van der Waals surface area contributed by atoms with E-state index in [0.717, 1.165) is 0 Å². The van der Waals surface area contributed by atoms with Crippen molar-refractivity contribution in [1.82, 2.24) is 0 Å². The highest BCUT2D eigenvalue weighted by molar-refractivity contribution is 5.23. The second-order valence-corrected chi connectivity index (χ2v) is 3.66. The van der Waals surface area contributed by atoms with Gasteiger partial charge >= 0.3 is 0 Å². The van der Waals surface area contributed by atoms with Crippen molar-refractivity contribution in [3.05, 3.63) is 48.6 Å². The van der Waals surface area contributed by atoms with Gasteiger partial charge < -0.3 is 0 Å². The molecule has 0 heterocycles. The molecular weight excluding hydrogens is 168 g/mol. The van der Waals surface area contributed by atoms with Crippen molar-refractivity contribution in [2.75, 3.05) is 0 Å². The van der Waals surface area contributed by atoms with Crippen molar-refractivity contribution in [2.24, 2.45) is 5.92 Å². The van der Waals surface area contributed by atoms with Crippen molar-refractivity contribution < 1.29 is 0 Å². The molecule has 0 saturated carbocycles. The fourth-order valence-corrected chi connectivity index (χ4v) is 1.25. The Balaban J connectivity index is 3.91. The predicted octanol–water partition coefficient (Wildman–Crippen LogP) is 4.67. The molecule has 0 aliphatic carbocycles. The van der Waals surface area contributed by atoms with Gasteiger partial charge in [0, 0.05) is 0 Å². The van der Waals surface area contributed by atoms with Gasteiger partial charge in [-0.3, -0.25) is 0 Å². The highest BCUT2D eigenvalue weighted by Crippen LogP contribution is 2.06. The molecule has 0 rings (SSSR count). The van der Waals surface area contributed by atoms with Crippen molar-refractivity contribution in [1.29, 1.82) is 0 Å². The summed E-state index contributed by atoms with van der Waals surface area (Å²) < 4.78 is 0. The van der Waals surface area contributed by atoms with Gasteiger partial charge in [0.25, 0.3) is 0 Å². The van der Waals surface area contributed by atoms with Crippen molar-refractivity contribution >= 4 is 0 Å². The van der Waals surface area contributed by atoms with Gasteiger partial charge in [-0.15, -0.1) is 0 Å². The molecule has 0 bridgehead atoms. The molecule has 1 atom stereocenters. The Hall–Kier alpha value is -1.04. The molecule has 78 valence electrons. The van der Waals surface area contributed by atoms with Crippen LogP contribution in [0.3, 0.4) is 0 Å². The van der Waals surface area contributed by atoms with Gasteiger partial charge in [-0.25, -0.2) is 0 Å². The SMILES string of the molecule is C=CC=C(C)C=CC=CC(C)CCC. The Morgan fingerprint density at radius 1 is 1.36 bits per heavy atom. The van der Waals surface area contributed by atoms with E-state index >= 15 is 0 Å². The zero-order valence-corrected chi connectivity index (χ0v) is 9.66. The zero-order chi connectivity index (χ0) is 10.8. The average Bonchev–Trinajstić information content (AvgIpc) is 2.13. The summed E-state index contributed by atoms with van der Waals surface area (Å²) in [6.07, 6.45) is 14.9. The zero-order valence-electron chi connectivity index (χ0n) is 9.66. The maximum Gasteiger partial charge on any atom is -0.0259 e. The van der Waals surface area contributed by atoms with Crippen molar-refractivity contribution in [3.63, 3.8) is 0 Å². The minimum Gasteiger partial charge on any atom is -0.0991 e. The Morgan fingerprint density at radius 2 is 2.07 bits per heavy atom. The molecule has 0 heteroatoms. The number of rotatable bonds is 6. The Kier molecular flexibility index (Phi) is 7.92. The summed E-state index contributed by atoms with van der Waals surface area (Å²) in [5.74, 6) is 0.688. The van der Waals surface area contributed by atoms with E-state index in [1.165, 1.54) is 18.4 Å². The molecular formula is C14H22. The molecule has 1 unspecified atom stereocenters. The van der Waals surface area contributed by atoms with Gasteiger partial charge in [0.05, 0.1) is 0 Å². The van der Waals surface area contributed by atoms with Crippen LogP contribution in [0, 0.1) is 5.92 Å². The minimum absolute atomic E-state index is 0.688. The van der Waals surface area contributed by atoms with Gasteiger partial charge in [0.2, 0.25) is 0 Å². The van der Waals surface area contributed by atoms with E-state index in [4.69, 9.17) is 0 Å². The van der Waals surface area contributed by atoms with Gasteiger partial charge in [0.15, 0.2) is 0 Å². The molecule has 0 aromatic heterocycles. The van der Waals surface area contributed by atoms with Crippen LogP contribution in [-0.4, -0.2) is 0 Å². The largest absolute Gasteiger partial charge is 0.0991 e. The maximum absolute atomic E-state index is 3.65. The molecule has 0 spiro atoms. The highest BCUT2D eigenvalue weighted by Gasteiger charge is 1.91. The molecule has 0 fully saturated rings. The van der Waals surface area contributed by atoms with Crippen LogP contribution in [0.5, 0.6) is 0 Å². The Bertz CT molecular complexity index is 228. The van der Waals surface area contributed by atoms with E-state index in [9.17, 15) is 0 Å². The monoisotopic (exact) mass is 190 g/mol. The van der Waals surface area contributed by atoms with Crippen LogP contribution in [0.1, 0.15) is 33.6 Å². The molecule has 0 amide bonds. The molecule has 14 heavy (non-hydrogen) atoms. The quantitative estimate of drug-likeness (QED) is 0.534. The van der Waals surface area contributed by atoms with Gasteiger partial charge in [0.1, 0.15) is 0 Å². The summed E-state index contributed by atoms with van der Waals surface area (Å²) in [6.45, 7) is 10.2. The van der Waals surface area contributed by atoms with Crippen molar-refractivity contribution in [2.45, 2.75) is 33.6 Å². The molecule has 0 saturated heterocycles. The van der Waals surface area contributed by atoms with E-state index in [0.29, 0.717) is 5.92 Å². The predicted molar refractivity (Wildman–Crippen MR) is 66.3 cm³/mol. The third kappa shape index (κ3) is 7.60. The van der Waals surface area contributed by atoms with Crippen LogP contribution in [0.15, 0.2) is 48.6 Å². The van der Waals surface area contributed by atoms with Gasteiger partial charge in [-0.1, -0.05) is 68.9 Å². The molecule has 0 aliphatic rings. The third-order valence-electron chi connectivity index (χ3n) is 2.03. The van der Waals surface area contributed by atoms with Gasteiger partial charge in [-0.05, 0) is 19.3 Å². The lowest BCUT2D eigenvalue weighted by Crippen LogP contribution is -1.86. The number of hydrogen-bond donors (Lipinski definition) is 0. The van der Waals surface area contributed by atoms with Crippen LogP contribution in [0.4, 0.5) is 0 Å². The summed E-state index contributed by atoms with van der Waals surface area (Å²) >= 11 is 0. The van der Waals surface area contributed by atoms with Crippen LogP contribution in [0.25, 0.3) is 0 Å². The summed E-state index contributed by atoms with van der Waals surface area (Å²) in [4.78, 5) is 0. The van der Waals surface area contributed by atoms with Crippen molar-refractivity contribution in [3.8, 4) is 0 Å². The normalized spacial score (nSPS) is 15.2. The Morgan fingerprint density at radius 3 is 2.64 bits per heavy atom. The first-order chi connectivity index (χ1) is 6.70. The minimum atomic E-state index is 0.688. The first-order valence-corrected chi connectivity index (χ1v) is 5.34. The fraction of sp³-hybridized carbons (Fsp3) is 0.429. The average molecular weight is 190 g/mol. The van der Waals surface area contributed by atoms with E-state index in [2.05, 4.69) is 51.7 Å². The summed E-state index contributed by atoms with van der Waals surface area (Å²) in [7, 11) is 0. The lowest BCUT2D eigenvalue weighted by atomic mass is 10.1. The van der Waals surface area contributed by atoms with E-state index in [1.54, 1.807) is 0 Å². The maximum atomic E-state index is 3.65. The first kappa shape index (κ1) is 13.0. The van der Waals surface area contributed by atoms with Gasteiger partial charge in [-0.2, -0.15) is 0 Å². The second kappa shape index (κ2) is 8.55. The van der Waals surface area contributed by atoms with Crippen LogP contribution in [-0.2, 0) is 0 Å². The Labute approximate surface area is 88.7 Å². The lowest BCUT2D eigenvalue weighted by Gasteiger charge is -2.00. The summed E-state index contributed by atoms with van der Waals surface area (Å²) in [5.41, 5.74) is 1.23. The van der Waals surface area contributed by atoms with Crippen LogP contribution >= 0.6 is 0 Å². The van der Waals surface area contributed by atoms with E-state index in [-0.39, 0.29) is 0 Å². The van der Waals surface area contributed by atoms with E-state index < -0.39 is 0 Å². The smallest absolute Gasteiger partial charge is 0.0259 e. The molecule has 0 aromatic carbocycles. The molecule has 0 radical (unpaired) electrons. The molecule has 0 N–H and O–H groups in total. The first-order valence-electron chi connectivity index (χ1n) is 5.34. The number of hydrogen-bond acceptors (Lipinski definition) is 0. The third-order valence-corrected chi connectivity index (χ3v) is 2.03. The fourth-order valence-electron chi connectivity index (χ4n) is 1.25. The second-order valence-electron chi connectivity index (χ2n) is 3.66. The van der Waals surface area contributed by atoms with E-state index in [1.807, 2.05) is 12.2 Å². The lowest BCUT2D eigenvalue weighted by molar-refractivity contribution is 0.634. The summed E-state index contributed by atoms with van der Waals surface area (Å²) in [6, 6.07) is 0. The van der Waals surface area contributed by atoms with Crippen LogP contribution < -0.4 is 0 Å².